The number of amides is 1. The second-order valence-corrected chi connectivity index (χ2v) is 6.49. The highest BCUT2D eigenvalue weighted by molar-refractivity contribution is 5.80. The highest BCUT2D eigenvalue weighted by Crippen LogP contribution is 2.35. The number of hydrogen-bond donors (Lipinski definition) is 0. The molecule has 18 heavy (non-hydrogen) atoms. The molecular formula is C13H22NO4-. The molecule has 1 aliphatic heterocycles. The number of carboxylic acid groups (broad SMARTS) is 1. The smallest absolute Gasteiger partial charge is 0.410 e. The van der Waals surface area contributed by atoms with Gasteiger partial charge in [-0.3, -0.25) is 4.90 Å². The molecule has 0 aromatic heterocycles. The third-order valence-electron chi connectivity index (χ3n) is 3.12. The Hall–Kier alpha value is -1.26. The zero-order valence-electron chi connectivity index (χ0n) is 11.8. The van der Waals surface area contributed by atoms with Gasteiger partial charge in [0.15, 0.2) is 0 Å². The number of nitrogens with zero attached hydrogens (tertiary/aromatic N) is 1. The second-order valence-electron chi connectivity index (χ2n) is 6.49. The molecule has 1 saturated heterocycles. The third-order valence-corrected chi connectivity index (χ3v) is 3.12. The predicted octanol–water partition coefficient (Wildman–Crippen LogP) is 1.16. The minimum absolute atomic E-state index is 0.400. The molecule has 0 N–H and O–H groups in total. The van der Waals surface area contributed by atoms with E-state index in [0.717, 1.165) is 12.8 Å². The molecule has 1 unspecified atom stereocenters. The van der Waals surface area contributed by atoms with E-state index in [1.54, 1.807) is 20.8 Å². The monoisotopic (exact) mass is 256 g/mol. The largest absolute Gasteiger partial charge is 0.548 e. The minimum atomic E-state index is -1.22. The zero-order chi connectivity index (χ0) is 14.1. The summed E-state index contributed by atoms with van der Waals surface area (Å²) in [6.45, 7) is 9.35. The van der Waals surface area contributed by atoms with E-state index in [-0.39, 0.29) is 0 Å². The first-order valence-corrected chi connectivity index (χ1v) is 6.25. The maximum Gasteiger partial charge on any atom is 0.410 e. The highest BCUT2D eigenvalue weighted by Gasteiger charge is 2.42. The van der Waals surface area contributed by atoms with Crippen molar-refractivity contribution in [3.63, 3.8) is 0 Å². The molecule has 0 bridgehead atoms. The topological polar surface area (TPSA) is 69.7 Å². The van der Waals surface area contributed by atoms with Gasteiger partial charge in [0.05, 0.1) is 12.0 Å². The molecule has 104 valence electrons. The van der Waals surface area contributed by atoms with Crippen LogP contribution in [-0.2, 0) is 9.53 Å². The van der Waals surface area contributed by atoms with Crippen LogP contribution in [0, 0.1) is 5.41 Å². The Morgan fingerprint density at radius 1 is 1.33 bits per heavy atom. The SMILES string of the molecule is CC(C)(C)OC(=O)N1CCCC(C)(C)C1C(=O)[O-]. The maximum absolute atomic E-state index is 12.0. The Balaban J connectivity index is 2.91. The fourth-order valence-corrected chi connectivity index (χ4v) is 2.36. The fraction of sp³-hybridized carbons (Fsp3) is 0.846. The van der Waals surface area contributed by atoms with Crippen LogP contribution < -0.4 is 5.11 Å². The Labute approximate surface area is 108 Å². The Kier molecular flexibility index (Phi) is 3.93. The van der Waals surface area contributed by atoms with Crippen LogP contribution >= 0.6 is 0 Å². The molecule has 5 heteroatoms. The predicted molar refractivity (Wildman–Crippen MR) is 64.8 cm³/mol. The van der Waals surface area contributed by atoms with Gasteiger partial charge in [0.1, 0.15) is 5.60 Å². The van der Waals surface area contributed by atoms with Gasteiger partial charge in [-0.2, -0.15) is 0 Å². The summed E-state index contributed by atoms with van der Waals surface area (Å²) >= 11 is 0. The van der Waals surface area contributed by atoms with Gasteiger partial charge in [0, 0.05) is 6.54 Å². The van der Waals surface area contributed by atoms with Crippen molar-refractivity contribution >= 4 is 12.1 Å². The van der Waals surface area contributed by atoms with E-state index in [9.17, 15) is 14.7 Å². The summed E-state index contributed by atoms with van der Waals surface area (Å²) < 4.78 is 5.25. The summed E-state index contributed by atoms with van der Waals surface area (Å²) in [5, 5.41) is 11.3. The van der Waals surface area contributed by atoms with Gasteiger partial charge in [-0.1, -0.05) is 13.8 Å². The molecule has 1 amide bonds. The molecule has 1 atom stereocenters. The molecule has 0 aliphatic carbocycles. The van der Waals surface area contributed by atoms with Crippen molar-refractivity contribution in [2.75, 3.05) is 6.54 Å². The molecule has 0 aromatic carbocycles. The second kappa shape index (κ2) is 4.78. The van der Waals surface area contributed by atoms with E-state index in [0.29, 0.717) is 6.54 Å². The number of rotatable bonds is 1. The number of ether oxygens (including phenoxy) is 1. The standard InChI is InChI=1S/C13H23NO4/c1-12(2,3)18-11(17)14-8-6-7-13(4,5)9(14)10(15)16/h9H,6-8H2,1-5H3,(H,15,16)/p-1. The number of carboxylic acids is 1. The average Bonchev–Trinajstić information content (AvgIpc) is 2.11. The summed E-state index contributed by atoms with van der Waals surface area (Å²) in [6.07, 6.45) is 0.950. The summed E-state index contributed by atoms with van der Waals surface area (Å²) in [7, 11) is 0. The number of carbonyl (C=O) groups excluding carboxylic acids is 2. The van der Waals surface area contributed by atoms with Crippen molar-refractivity contribution < 1.29 is 19.4 Å². The van der Waals surface area contributed by atoms with Crippen molar-refractivity contribution in [3.05, 3.63) is 0 Å². The molecular weight excluding hydrogens is 234 g/mol. The number of hydrogen-bond acceptors (Lipinski definition) is 4. The van der Waals surface area contributed by atoms with Gasteiger partial charge in [-0.15, -0.1) is 0 Å². The highest BCUT2D eigenvalue weighted by atomic mass is 16.6. The molecule has 0 radical (unpaired) electrons. The first-order valence-electron chi connectivity index (χ1n) is 6.25. The number of aliphatic carboxylic acids is 1. The first kappa shape index (κ1) is 14.8. The molecule has 1 rings (SSSR count). The molecule has 5 nitrogen and oxygen atoms in total. The van der Waals surface area contributed by atoms with Crippen LogP contribution in [0.3, 0.4) is 0 Å². The first-order chi connectivity index (χ1) is 8.04. The summed E-state index contributed by atoms with van der Waals surface area (Å²) in [5.74, 6) is -1.22. The summed E-state index contributed by atoms with van der Waals surface area (Å²) in [6, 6.07) is -0.930. The van der Waals surface area contributed by atoms with Crippen LogP contribution in [0.2, 0.25) is 0 Å². The van der Waals surface area contributed by atoms with E-state index < -0.39 is 29.1 Å². The lowest BCUT2D eigenvalue weighted by Crippen LogP contribution is -2.60. The van der Waals surface area contributed by atoms with Crippen LogP contribution in [0.15, 0.2) is 0 Å². The van der Waals surface area contributed by atoms with Crippen LogP contribution in [0.1, 0.15) is 47.5 Å². The Morgan fingerprint density at radius 2 is 1.89 bits per heavy atom. The van der Waals surface area contributed by atoms with Crippen molar-refractivity contribution in [2.24, 2.45) is 5.41 Å². The summed E-state index contributed by atoms with van der Waals surface area (Å²) in [4.78, 5) is 24.6. The molecule has 1 fully saturated rings. The van der Waals surface area contributed by atoms with E-state index in [2.05, 4.69) is 0 Å². The lowest BCUT2D eigenvalue weighted by molar-refractivity contribution is -0.315. The molecule has 1 aliphatic rings. The van der Waals surface area contributed by atoms with Gasteiger partial charge in [0.25, 0.3) is 0 Å². The quantitative estimate of drug-likeness (QED) is 0.706. The van der Waals surface area contributed by atoms with Crippen LogP contribution in [0.4, 0.5) is 4.79 Å². The van der Waals surface area contributed by atoms with Crippen molar-refractivity contribution in [2.45, 2.75) is 59.1 Å². The van der Waals surface area contributed by atoms with Gasteiger partial charge < -0.3 is 14.6 Å². The van der Waals surface area contributed by atoms with Gasteiger partial charge >= 0.3 is 6.09 Å². The zero-order valence-corrected chi connectivity index (χ0v) is 11.8. The van der Waals surface area contributed by atoms with E-state index in [1.165, 1.54) is 4.90 Å². The van der Waals surface area contributed by atoms with Gasteiger partial charge in [-0.25, -0.2) is 4.79 Å². The van der Waals surface area contributed by atoms with Crippen molar-refractivity contribution in [3.8, 4) is 0 Å². The van der Waals surface area contributed by atoms with Gasteiger partial charge in [-0.05, 0) is 39.0 Å². The van der Waals surface area contributed by atoms with E-state index in [1.807, 2.05) is 13.8 Å². The molecule has 0 saturated carbocycles. The molecule has 1 heterocycles. The fourth-order valence-electron chi connectivity index (χ4n) is 2.36. The average molecular weight is 256 g/mol. The molecule has 0 spiro atoms. The maximum atomic E-state index is 12.0. The normalized spacial score (nSPS) is 23.6. The lowest BCUT2D eigenvalue weighted by atomic mass is 9.76. The number of carbonyl (C=O) groups is 2. The van der Waals surface area contributed by atoms with Crippen molar-refractivity contribution in [1.29, 1.82) is 0 Å². The van der Waals surface area contributed by atoms with Crippen LogP contribution in [-0.4, -0.2) is 35.2 Å². The lowest BCUT2D eigenvalue weighted by Gasteiger charge is -2.46. The van der Waals surface area contributed by atoms with E-state index >= 15 is 0 Å². The molecule has 0 aromatic rings. The summed E-state index contributed by atoms with van der Waals surface area (Å²) in [5.41, 5.74) is -1.12. The number of likely N-dealkylation sites (tertiary alicyclic amines) is 1. The Bertz CT molecular complexity index is 343. The third kappa shape index (κ3) is 3.37. The van der Waals surface area contributed by atoms with Crippen LogP contribution in [0.5, 0.6) is 0 Å². The van der Waals surface area contributed by atoms with E-state index in [4.69, 9.17) is 4.74 Å². The van der Waals surface area contributed by atoms with Crippen molar-refractivity contribution in [1.82, 2.24) is 4.90 Å². The minimum Gasteiger partial charge on any atom is -0.548 e. The van der Waals surface area contributed by atoms with Crippen LogP contribution in [0.25, 0.3) is 0 Å². The number of piperidine rings is 1. The Morgan fingerprint density at radius 3 is 2.33 bits per heavy atom. The van der Waals surface area contributed by atoms with Gasteiger partial charge in [0.2, 0.25) is 0 Å².